The number of amides is 1. The quantitative estimate of drug-likeness (QED) is 0.478. The van der Waals surface area contributed by atoms with Gasteiger partial charge in [-0.05, 0) is 39.8 Å². The summed E-state index contributed by atoms with van der Waals surface area (Å²) in [4.78, 5) is 36.4. The molecule has 0 fully saturated rings. The third kappa shape index (κ3) is 6.40. The molecule has 0 aliphatic heterocycles. The van der Waals surface area contributed by atoms with Gasteiger partial charge >= 0.3 is 12.1 Å². The van der Waals surface area contributed by atoms with Crippen LogP contribution >= 0.6 is 15.9 Å². The van der Waals surface area contributed by atoms with Crippen molar-refractivity contribution in [2.24, 2.45) is 0 Å². The fourth-order valence-corrected chi connectivity index (χ4v) is 1.93. The molecule has 0 heterocycles. The lowest BCUT2D eigenvalue weighted by atomic mass is 10.0. The van der Waals surface area contributed by atoms with Crippen LogP contribution in [0.1, 0.15) is 38.1 Å². The van der Waals surface area contributed by atoms with Gasteiger partial charge in [-0.3, -0.25) is 4.79 Å². The highest BCUT2D eigenvalue weighted by molar-refractivity contribution is 9.10. The maximum Gasteiger partial charge on any atom is 0.408 e. The molecule has 1 rings (SSSR count). The summed E-state index contributed by atoms with van der Waals surface area (Å²) in [6, 6.07) is 4.99. The highest BCUT2D eigenvalue weighted by Crippen LogP contribution is 2.13. The number of ether oxygens (including phenoxy) is 2. The predicted molar refractivity (Wildman–Crippen MR) is 88.3 cm³/mol. The van der Waals surface area contributed by atoms with Crippen molar-refractivity contribution in [2.75, 3.05) is 6.61 Å². The van der Waals surface area contributed by atoms with E-state index in [4.69, 9.17) is 9.47 Å². The van der Waals surface area contributed by atoms with E-state index < -0.39 is 29.5 Å². The Morgan fingerprint density at radius 1 is 1.17 bits per heavy atom. The van der Waals surface area contributed by atoms with E-state index in [-0.39, 0.29) is 12.2 Å². The molecule has 1 aromatic rings. The highest BCUT2D eigenvalue weighted by Gasteiger charge is 2.32. The van der Waals surface area contributed by atoms with Crippen molar-refractivity contribution in [3.8, 4) is 0 Å². The fraction of sp³-hybridized carbons (Fsp3) is 0.438. The zero-order valence-electron chi connectivity index (χ0n) is 13.5. The lowest BCUT2D eigenvalue weighted by molar-refractivity contribution is -0.144. The molecule has 6 nitrogen and oxygen atoms in total. The molecule has 0 aliphatic carbocycles. The van der Waals surface area contributed by atoms with Crippen LogP contribution in [-0.2, 0) is 14.3 Å². The van der Waals surface area contributed by atoms with Crippen molar-refractivity contribution in [3.63, 3.8) is 0 Å². The van der Waals surface area contributed by atoms with E-state index in [1.165, 1.54) is 0 Å². The van der Waals surface area contributed by atoms with Crippen molar-refractivity contribution in [3.05, 3.63) is 34.3 Å². The molecule has 0 bridgehead atoms. The van der Waals surface area contributed by atoms with E-state index in [9.17, 15) is 14.4 Å². The summed E-state index contributed by atoms with van der Waals surface area (Å²) in [5, 5.41) is 2.27. The minimum atomic E-state index is -1.45. The number of hydrogen-bond acceptors (Lipinski definition) is 5. The normalized spacial score (nSPS) is 12.2. The molecule has 0 spiro atoms. The van der Waals surface area contributed by atoms with Gasteiger partial charge in [-0.15, -0.1) is 0 Å². The van der Waals surface area contributed by atoms with Crippen molar-refractivity contribution in [1.29, 1.82) is 0 Å². The second-order valence-corrected chi connectivity index (χ2v) is 6.62. The summed E-state index contributed by atoms with van der Waals surface area (Å²) < 4.78 is 10.7. The van der Waals surface area contributed by atoms with Gasteiger partial charge in [0.1, 0.15) is 5.60 Å². The third-order valence-corrected chi connectivity index (χ3v) is 3.10. The molecule has 0 aromatic heterocycles. The van der Waals surface area contributed by atoms with Crippen LogP contribution in [0.4, 0.5) is 4.79 Å². The molecule has 1 amide bonds. The van der Waals surface area contributed by atoms with Gasteiger partial charge in [-0.2, -0.15) is 0 Å². The van der Waals surface area contributed by atoms with E-state index in [1.807, 2.05) is 0 Å². The number of carbonyl (C=O) groups is 3. The number of nitrogens with one attached hydrogen (secondary N) is 1. The molecular weight excluding hydrogens is 366 g/mol. The zero-order valence-corrected chi connectivity index (χ0v) is 15.1. The van der Waals surface area contributed by atoms with Crippen LogP contribution in [-0.4, -0.2) is 36.1 Å². The van der Waals surface area contributed by atoms with Crippen LogP contribution in [0.3, 0.4) is 0 Å². The smallest absolute Gasteiger partial charge is 0.408 e. The Morgan fingerprint density at radius 2 is 1.74 bits per heavy atom. The highest BCUT2D eigenvalue weighted by atomic mass is 79.9. The van der Waals surface area contributed by atoms with Crippen molar-refractivity contribution in [2.45, 2.75) is 39.3 Å². The topological polar surface area (TPSA) is 81.7 Å². The number of ketones is 1. The van der Waals surface area contributed by atoms with Gasteiger partial charge in [0.25, 0.3) is 0 Å². The number of carbonyl (C=O) groups excluding carboxylic acids is 3. The average Bonchev–Trinajstić information content (AvgIpc) is 2.43. The number of esters is 1. The molecule has 23 heavy (non-hydrogen) atoms. The first-order valence-electron chi connectivity index (χ1n) is 7.10. The molecule has 1 N–H and O–H groups in total. The first-order chi connectivity index (χ1) is 10.6. The molecule has 7 heteroatoms. The minimum Gasteiger partial charge on any atom is -0.464 e. The molecule has 0 saturated carbocycles. The number of Topliss-reactive ketones (excluding diaryl/α,β-unsaturated/α-hetero) is 1. The van der Waals surface area contributed by atoms with Gasteiger partial charge in [0, 0.05) is 10.0 Å². The van der Waals surface area contributed by atoms with Crippen LogP contribution in [0.15, 0.2) is 28.7 Å². The van der Waals surface area contributed by atoms with Gasteiger partial charge in [0.15, 0.2) is 11.8 Å². The monoisotopic (exact) mass is 385 g/mol. The Balaban J connectivity index is 2.96. The molecule has 1 unspecified atom stereocenters. The predicted octanol–water partition coefficient (Wildman–Crippen LogP) is 3.09. The Bertz CT molecular complexity index is 577. The largest absolute Gasteiger partial charge is 0.464 e. The molecular formula is C16H20BrNO5. The van der Waals surface area contributed by atoms with Gasteiger partial charge in [-0.25, -0.2) is 9.59 Å². The van der Waals surface area contributed by atoms with Crippen molar-refractivity contribution < 1.29 is 23.9 Å². The number of benzene rings is 1. The molecule has 0 saturated heterocycles. The van der Waals surface area contributed by atoms with E-state index in [0.717, 1.165) is 4.47 Å². The molecule has 0 aliphatic rings. The SMILES string of the molecule is CCOC(=O)C(NC(=O)OC(C)(C)C)C(=O)c1ccc(Br)cc1. The maximum atomic E-state index is 12.5. The first kappa shape index (κ1) is 19.2. The third-order valence-electron chi connectivity index (χ3n) is 2.57. The van der Waals surface area contributed by atoms with Crippen LogP contribution < -0.4 is 5.32 Å². The molecule has 1 atom stereocenters. The molecule has 0 radical (unpaired) electrons. The van der Waals surface area contributed by atoms with Gasteiger partial charge < -0.3 is 14.8 Å². The second-order valence-electron chi connectivity index (χ2n) is 5.70. The Hall–Kier alpha value is -1.89. The van der Waals surface area contributed by atoms with Gasteiger partial charge in [0.2, 0.25) is 0 Å². The van der Waals surface area contributed by atoms with Gasteiger partial charge in [-0.1, -0.05) is 28.1 Å². The van der Waals surface area contributed by atoms with E-state index in [1.54, 1.807) is 52.0 Å². The summed E-state index contributed by atoms with van der Waals surface area (Å²) >= 11 is 3.27. The van der Waals surface area contributed by atoms with E-state index in [0.29, 0.717) is 0 Å². The van der Waals surface area contributed by atoms with Gasteiger partial charge in [0.05, 0.1) is 6.61 Å². The lowest BCUT2D eigenvalue weighted by Crippen LogP contribution is -2.49. The Labute approximate surface area is 143 Å². The number of rotatable bonds is 5. The second kappa shape index (κ2) is 8.10. The average molecular weight is 386 g/mol. The van der Waals surface area contributed by atoms with E-state index in [2.05, 4.69) is 21.2 Å². The fourth-order valence-electron chi connectivity index (χ4n) is 1.66. The maximum absolute atomic E-state index is 12.5. The summed E-state index contributed by atoms with van der Waals surface area (Å²) in [6.45, 7) is 6.76. The van der Waals surface area contributed by atoms with Crippen LogP contribution in [0.25, 0.3) is 0 Å². The minimum absolute atomic E-state index is 0.0962. The van der Waals surface area contributed by atoms with E-state index >= 15 is 0 Å². The summed E-state index contributed by atoms with van der Waals surface area (Å²) in [7, 11) is 0. The molecule has 1 aromatic carbocycles. The van der Waals surface area contributed by atoms with Crippen LogP contribution in [0.2, 0.25) is 0 Å². The summed E-state index contributed by atoms with van der Waals surface area (Å²) in [6.07, 6.45) is -0.860. The van der Waals surface area contributed by atoms with Crippen molar-refractivity contribution >= 4 is 33.8 Å². The number of alkyl carbamates (subject to hydrolysis) is 1. The summed E-state index contributed by atoms with van der Waals surface area (Å²) in [5.74, 6) is -1.40. The standard InChI is InChI=1S/C16H20BrNO5/c1-5-22-14(20)12(18-15(21)23-16(2,3)4)13(19)10-6-8-11(17)9-7-10/h6-9,12H,5H2,1-4H3,(H,18,21). The Morgan fingerprint density at radius 3 is 2.22 bits per heavy atom. The number of halogens is 1. The zero-order chi connectivity index (χ0) is 17.6. The molecule has 126 valence electrons. The lowest BCUT2D eigenvalue weighted by Gasteiger charge is -2.22. The Kier molecular flexibility index (Phi) is 6.75. The van der Waals surface area contributed by atoms with Crippen molar-refractivity contribution in [1.82, 2.24) is 5.32 Å². The summed E-state index contributed by atoms with van der Waals surface area (Å²) in [5.41, 5.74) is -0.466. The first-order valence-corrected chi connectivity index (χ1v) is 7.89. The number of hydrogen-bond donors (Lipinski definition) is 1. The van der Waals surface area contributed by atoms with Crippen LogP contribution in [0.5, 0.6) is 0 Å². The van der Waals surface area contributed by atoms with Crippen LogP contribution in [0, 0.1) is 0 Å².